The van der Waals surface area contributed by atoms with Gasteiger partial charge in [0.15, 0.2) is 5.13 Å². The molecule has 4 rings (SSSR count). The van der Waals surface area contributed by atoms with E-state index in [1.165, 1.54) is 27.8 Å². The lowest BCUT2D eigenvalue weighted by atomic mass is 10.1. The molecule has 0 spiro atoms. The number of aryl methyl sites for hydroxylation is 2. The van der Waals surface area contributed by atoms with Crippen LogP contribution >= 0.6 is 11.3 Å². The van der Waals surface area contributed by atoms with Crippen LogP contribution in [0.5, 0.6) is 0 Å². The maximum atomic E-state index is 13.1. The first kappa shape index (κ1) is 21.9. The van der Waals surface area contributed by atoms with E-state index in [1.807, 2.05) is 33.8 Å². The quantitative estimate of drug-likeness (QED) is 0.638. The minimum atomic E-state index is -3.73. The summed E-state index contributed by atoms with van der Waals surface area (Å²) in [5.41, 5.74) is 3.31. The summed E-state index contributed by atoms with van der Waals surface area (Å²) in [4.78, 5) is 17.5. The highest BCUT2D eigenvalue weighted by Crippen LogP contribution is 2.30. The van der Waals surface area contributed by atoms with Crippen LogP contribution in [0.4, 0.5) is 5.13 Å². The van der Waals surface area contributed by atoms with Crippen molar-refractivity contribution in [2.75, 3.05) is 18.4 Å². The van der Waals surface area contributed by atoms with Crippen molar-refractivity contribution in [3.05, 3.63) is 53.1 Å². The van der Waals surface area contributed by atoms with Crippen LogP contribution in [0.2, 0.25) is 0 Å². The van der Waals surface area contributed by atoms with Gasteiger partial charge in [0, 0.05) is 18.7 Å². The molecule has 1 amide bonds. The van der Waals surface area contributed by atoms with E-state index in [0.29, 0.717) is 5.13 Å². The summed E-state index contributed by atoms with van der Waals surface area (Å²) in [5, 5.41) is 3.29. The predicted molar refractivity (Wildman–Crippen MR) is 122 cm³/mol. The average Bonchev–Trinajstić information content (AvgIpc) is 3.10. The number of anilines is 1. The maximum absolute atomic E-state index is 13.1. The molecule has 9 heteroatoms. The van der Waals surface area contributed by atoms with Crippen LogP contribution in [-0.2, 0) is 14.8 Å². The van der Waals surface area contributed by atoms with E-state index in [4.69, 9.17) is 4.74 Å². The molecule has 31 heavy (non-hydrogen) atoms. The molecule has 1 saturated heterocycles. The molecule has 2 aromatic carbocycles. The summed E-state index contributed by atoms with van der Waals surface area (Å²) >= 11 is 1.40. The molecule has 2 heterocycles. The molecule has 2 atom stereocenters. The zero-order chi connectivity index (χ0) is 22.3. The molecule has 0 radical (unpaired) electrons. The lowest BCUT2D eigenvalue weighted by molar-refractivity contribution is -0.0440. The van der Waals surface area contributed by atoms with Crippen LogP contribution in [0.25, 0.3) is 10.2 Å². The number of thiazole rings is 1. The van der Waals surface area contributed by atoms with E-state index in [2.05, 4.69) is 16.4 Å². The first-order chi connectivity index (χ1) is 14.6. The number of sulfonamides is 1. The monoisotopic (exact) mass is 459 g/mol. The first-order valence-corrected chi connectivity index (χ1v) is 12.3. The van der Waals surface area contributed by atoms with Gasteiger partial charge in [-0.05, 0) is 63.1 Å². The van der Waals surface area contributed by atoms with Gasteiger partial charge in [0.1, 0.15) is 0 Å². The number of aromatic nitrogens is 1. The molecular formula is C22H25N3O4S2. The fraction of sp³-hybridized carbons (Fsp3) is 0.364. The van der Waals surface area contributed by atoms with Crippen molar-refractivity contribution in [1.29, 1.82) is 0 Å². The lowest BCUT2D eigenvalue weighted by Crippen LogP contribution is -2.48. The SMILES string of the molecule is Cc1cc(C)c2nc(NC(=O)c3cccc(S(=O)(=O)N4CC(C)OC(C)C4)c3)sc2c1. The van der Waals surface area contributed by atoms with Crippen LogP contribution in [0.3, 0.4) is 0 Å². The molecular weight excluding hydrogens is 434 g/mol. The normalized spacial score (nSPS) is 20.1. The largest absolute Gasteiger partial charge is 0.373 e. The Kier molecular flexibility index (Phi) is 5.87. The minimum absolute atomic E-state index is 0.0946. The summed E-state index contributed by atoms with van der Waals surface area (Å²) < 4.78 is 34.3. The van der Waals surface area contributed by atoms with E-state index < -0.39 is 15.9 Å². The van der Waals surface area contributed by atoms with Gasteiger partial charge in [-0.25, -0.2) is 13.4 Å². The highest BCUT2D eigenvalue weighted by atomic mass is 32.2. The number of benzene rings is 2. The summed E-state index contributed by atoms with van der Waals surface area (Å²) in [7, 11) is -3.73. The fourth-order valence-electron chi connectivity index (χ4n) is 3.87. The topological polar surface area (TPSA) is 88.6 Å². The number of carbonyl (C=O) groups is 1. The highest BCUT2D eigenvalue weighted by Gasteiger charge is 2.32. The smallest absolute Gasteiger partial charge is 0.257 e. The van der Waals surface area contributed by atoms with Crippen molar-refractivity contribution in [1.82, 2.24) is 9.29 Å². The predicted octanol–water partition coefficient (Wildman–Crippen LogP) is 3.96. The van der Waals surface area contributed by atoms with E-state index in [-0.39, 0.29) is 35.8 Å². The fourth-order valence-corrected chi connectivity index (χ4v) is 6.54. The molecule has 7 nitrogen and oxygen atoms in total. The Morgan fingerprint density at radius 2 is 1.87 bits per heavy atom. The van der Waals surface area contributed by atoms with Gasteiger partial charge in [-0.3, -0.25) is 10.1 Å². The van der Waals surface area contributed by atoms with Crippen LogP contribution in [0.15, 0.2) is 41.3 Å². The number of hydrogen-bond donors (Lipinski definition) is 1. The molecule has 0 saturated carbocycles. The Labute approximate surface area is 186 Å². The minimum Gasteiger partial charge on any atom is -0.373 e. The van der Waals surface area contributed by atoms with Crippen molar-refractivity contribution in [3.63, 3.8) is 0 Å². The highest BCUT2D eigenvalue weighted by molar-refractivity contribution is 7.89. The molecule has 1 aromatic heterocycles. The van der Waals surface area contributed by atoms with Gasteiger partial charge < -0.3 is 4.74 Å². The van der Waals surface area contributed by atoms with Gasteiger partial charge in [-0.15, -0.1) is 0 Å². The standard InChI is InChI=1S/C22H25N3O4S2/c1-13-8-14(2)20-19(9-13)30-22(23-20)24-21(26)17-6-5-7-18(10-17)31(27,28)25-11-15(3)29-16(4)12-25/h5-10,15-16H,11-12H2,1-4H3,(H,23,24,26). The van der Waals surface area contributed by atoms with Crippen molar-refractivity contribution in [3.8, 4) is 0 Å². The second-order valence-electron chi connectivity index (χ2n) is 8.01. The molecule has 3 aromatic rings. The molecule has 2 unspecified atom stereocenters. The van der Waals surface area contributed by atoms with Crippen molar-refractivity contribution in [2.24, 2.45) is 0 Å². The summed E-state index contributed by atoms with van der Waals surface area (Å²) in [6.45, 7) is 8.28. The van der Waals surface area contributed by atoms with Crippen LogP contribution in [0.1, 0.15) is 35.3 Å². The van der Waals surface area contributed by atoms with Crippen LogP contribution < -0.4 is 5.32 Å². The van der Waals surface area contributed by atoms with Gasteiger partial charge in [0.05, 0.1) is 27.3 Å². The molecule has 164 valence electrons. The third-order valence-corrected chi connectivity index (χ3v) is 7.92. The number of nitrogens with zero attached hydrogens (tertiary/aromatic N) is 2. The number of hydrogen-bond acceptors (Lipinski definition) is 6. The summed E-state index contributed by atoms with van der Waals surface area (Å²) in [5.74, 6) is -0.394. The molecule has 1 fully saturated rings. The number of fused-ring (bicyclic) bond motifs is 1. The van der Waals surface area contributed by atoms with Crippen molar-refractivity contribution >= 4 is 42.6 Å². The zero-order valence-corrected chi connectivity index (χ0v) is 19.5. The zero-order valence-electron chi connectivity index (χ0n) is 17.9. The first-order valence-electron chi connectivity index (χ1n) is 10.1. The van der Waals surface area contributed by atoms with Crippen molar-refractivity contribution < 1.29 is 17.9 Å². The molecule has 0 bridgehead atoms. The third kappa shape index (κ3) is 4.50. The lowest BCUT2D eigenvalue weighted by Gasteiger charge is -2.34. The molecule has 0 aliphatic carbocycles. The molecule has 1 aliphatic rings. The second kappa shape index (κ2) is 8.31. The Morgan fingerprint density at radius 1 is 1.16 bits per heavy atom. The van der Waals surface area contributed by atoms with E-state index >= 15 is 0 Å². The number of amides is 1. The number of rotatable bonds is 4. The number of ether oxygens (including phenoxy) is 1. The number of nitrogens with one attached hydrogen (secondary N) is 1. The van der Waals surface area contributed by atoms with Crippen molar-refractivity contribution in [2.45, 2.75) is 44.8 Å². The van der Waals surface area contributed by atoms with Gasteiger partial charge in [0.2, 0.25) is 10.0 Å². The molecule has 1 N–H and O–H groups in total. The van der Waals surface area contributed by atoms with Crippen LogP contribution in [-0.4, -0.2) is 48.9 Å². The van der Waals surface area contributed by atoms with Gasteiger partial charge in [-0.1, -0.05) is 23.5 Å². The Hall–Kier alpha value is -2.33. The van der Waals surface area contributed by atoms with E-state index in [9.17, 15) is 13.2 Å². The number of carbonyl (C=O) groups excluding carboxylic acids is 1. The third-order valence-electron chi connectivity index (χ3n) is 5.17. The number of morpholine rings is 1. The maximum Gasteiger partial charge on any atom is 0.257 e. The van der Waals surface area contributed by atoms with Gasteiger partial charge in [0.25, 0.3) is 5.91 Å². The second-order valence-corrected chi connectivity index (χ2v) is 11.0. The van der Waals surface area contributed by atoms with E-state index in [1.54, 1.807) is 12.1 Å². The van der Waals surface area contributed by atoms with E-state index in [0.717, 1.165) is 21.3 Å². The van der Waals surface area contributed by atoms with Gasteiger partial charge in [-0.2, -0.15) is 4.31 Å². The van der Waals surface area contributed by atoms with Gasteiger partial charge >= 0.3 is 0 Å². The average molecular weight is 460 g/mol. The Morgan fingerprint density at radius 3 is 2.58 bits per heavy atom. The summed E-state index contributed by atoms with van der Waals surface area (Å²) in [6, 6.07) is 10.2. The molecule has 1 aliphatic heterocycles. The summed E-state index contributed by atoms with van der Waals surface area (Å²) in [6.07, 6.45) is -0.368. The Bertz CT molecular complexity index is 1240. The van der Waals surface area contributed by atoms with Crippen LogP contribution in [0, 0.1) is 13.8 Å². The Balaban J connectivity index is 1.58.